The Balaban J connectivity index is 2.07. The van der Waals surface area contributed by atoms with Gasteiger partial charge in [0.05, 0.1) is 0 Å². The van der Waals surface area contributed by atoms with E-state index in [-0.39, 0.29) is 29.0 Å². The number of para-hydroxylation sites is 2. The molecule has 0 bridgehead atoms. The quantitative estimate of drug-likeness (QED) is 0.651. The molecule has 0 aromatic heterocycles. The van der Waals surface area contributed by atoms with Gasteiger partial charge in [-0.15, -0.1) is 0 Å². The molecule has 26 heavy (non-hydrogen) atoms. The van der Waals surface area contributed by atoms with Crippen LogP contribution in [0, 0.1) is 6.92 Å². The maximum atomic E-state index is 12.4. The fourth-order valence-corrected chi connectivity index (χ4v) is 3.07. The van der Waals surface area contributed by atoms with Crippen molar-refractivity contribution in [2.45, 2.75) is 37.8 Å². The van der Waals surface area contributed by atoms with Crippen LogP contribution in [0.5, 0.6) is 11.5 Å². The number of hydrogen-bond donors (Lipinski definition) is 2. The van der Waals surface area contributed by atoms with Gasteiger partial charge in [-0.2, -0.15) is 8.42 Å². The molecule has 1 unspecified atom stereocenters. The molecule has 0 aliphatic carbocycles. The Hall–Kier alpha value is -2.09. The van der Waals surface area contributed by atoms with Crippen LogP contribution >= 0.6 is 0 Å². The summed E-state index contributed by atoms with van der Waals surface area (Å²) in [4.78, 5) is 0.0686. The average Bonchev–Trinajstić information content (AvgIpc) is 2.59. The van der Waals surface area contributed by atoms with Gasteiger partial charge in [0, 0.05) is 12.6 Å². The third-order valence-electron chi connectivity index (χ3n) is 3.55. The van der Waals surface area contributed by atoms with Crippen molar-refractivity contribution in [1.82, 2.24) is 5.32 Å². The van der Waals surface area contributed by atoms with Crippen LogP contribution in [-0.2, 0) is 10.1 Å². The minimum absolute atomic E-state index is 0.0185. The minimum atomic E-state index is -3.97. The summed E-state index contributed by atoms with van der Waals surface area (Å²) in [6.07, 6.45) is -0.723. The Bertz CT molecular complexity index is 803. The Kier molecular flexibility index (Phi) is 7.02. The van der Waals surface area contributed by atoms with Crippen LogP contribution in [-0.4, -0.2) is 38.8 Å². The molecule has 2 aromatic carbocycles. The maximum Gasteiger partial charge on any atom is 0.339 e. The van der Waals surface area contributed by atoms with Crippen LogP contribution in [0.2, 0.25) is 0 Å². The van der Waals surface area contributed by atoms with Crippen molar-refractivity contribution in [3.63, 3.8) is 0 Å². The van der Waals surface area contributed by atoms with Crippen LogP contribution in [0.4, 0.5) is 0 Å². The summed E-state index contributed by atoms with van der Waals surface area (Å²) >= 11 is 0. The van der Waals surface area contributed by atoms with E-state index in [1.165, 1.54) is 18.2 Å². The molecule has 1 atom stereocenters. The van der Waals surface area contributed by atoms with Crippen molar-refractivity contribution in [3.05, 3.63) is 54.1 Å². The van der Waals surface area contributed by atoms with E-state index in [0.717, 1.165) is 5.56 Å². The van der Waals surface area contributed by atoms with Gasteiger partial charge >= 0.3 is 10.1 Å². The first-order valence-electron chi connectivity index (χ1n) is 8.42. The molecule has 0 spiro atoms. The molecule has 142 valence electrons. The molecular weight excluding hydrogens is 354 g/mol. The van der Waals surface area contributed by atoms with E-state index < -0.39 is 16.2 Å². The first-order valence-corrected chi connectivity index (χ1v) is 9.83. The van der Waals surface area contributed by atoms with E-state index in [1.54, 1.807) is 30.3 Å². The lowest BCUT2D eigenvalue weighted by Crippen LogP contribution is -2.35. The van der Waals surface area contributed by atoms with Crippen molar-refractivity contribution < 1.29 is 22.4 Å². The van der Waals surface area contributed by atoms with Crippen molar-refractivity contribution in [2.75, 3.05) is 13.2 Å². The van der Waals surface area contributed by atoms with Crippen molar-refractivity contribution >= 4 is 10.1 Å². The second-order valence-electron chi connectivity index (χ2n) is 6.33. The highest BCUT2D eigenvalue weighted by Gasteiger charge is 2.19. The summed E-state index contributed by atoms with van der Waals surface area (Å²) in [5.74, 6) is 0.337. The number of nitrogens with one attached hydrogen (secondary N) is 1. The van der Waals surface area contributed by atoms with E-state index >= 15 is 0 Å². The van der Waals surface area contributed by atoms with Gasteiger partial charge in [-0.1, -0.05) is 43.7 Å². The van der Waals surface area contributed by atoms with Crippen LogP contribution < -0.4 is 14.2 Å². The van der Waals surface area contributed by atoms with Crippen molar-refractivity contribution in [2.24, 2.45) is 0 Å². The van der Waals surface area contributed by atoms with E-state index in [1.807, 2.05) is 20.8 Å². The lowest BCUT2D eigenvalue weighted by molar-refractivity contribution is 0.104. The Morgan fingerprint density at radius 1 is 1.04 bits per heavy atom. The lowest BCUT2D eigenvalue weighted by atomic mass is 10.2. The molecule has 2 rings (SSSR count). The zero-order valence-electron chi connectivity index (χ0n) is 15.2. The topological polar surface area (TPSA) is 84.9 Å². The average molecular weight is 379 g/mol. The van der Waals surface area contributed by atoms with Gasteiger partial charge in [-0.05, 0) is 31.2 Å². The highest BCUT2D eigenvalue weighted by Crippen LogP contribution is 2.29. The predicted molar refractivity (Wildman–Crippen MR) is 100 cm³/mol. The second kappa shape index (κ2) is 9.02. The van der Waals surface area contributed by atoms with E-state index in [4.69, 9.17) is 8.92 Å². The summed E-state index contributed by atoms with van der Waals surface area (Å²) < 4.78 is 35.7. The van der Waals surface area contributed by atoms with Gasteiger partial charge in [-0.25, -0.2) is 0 Å². The Labute approximate surface area is 154 Å². The van der Waals surface area contributed by atoms with Crippen molar-refractivity contribution in [1.29, 1.82) is 0 Å². The number of benzene rings is 2. The second-order valence-corrected chi connectivity index (χ2v) is 7.87. The smallest absolute Gasteiger partial charge is 0.339 e. The zero-order chi connectivity index (χ0) is 19.2. The van der Waals surface area contributed by atoms with Gasteiger partial charge in [0.2, 0.25) is 0 Å². The molecule has 0 saturated carbocycles. The fraction of sp³-hybridized carbons (Fsp3) is 0.368. The Morgan fingerprint density at radius 3 is 2.27 bits per heavy atom. The van der Waals surface area contributed by atoms with E-state index in [2.05, 4.69) is 5.32 Å². The first-order chi connectivity index (χ1) is 12.3. The highest BCUT2D eigenvalue weighted by atomic mass is 32.2. The Morgan fingerprint density at radius 2 is 1.65 bits per heavy atom. The number of aryl methyl sites for hydroxylation is 1. The molecule has 6 nitrogen and oxygen atoms in total. The molecule has 0 radical (unpaired) electrons. The molecule has 7 heteroatoms. The summed E-state index contributed by atoms with van der Waals surface area (Å²) in [7, 11) is -3.97. The molecule has 0 saturated heterocycles. The summed E-state index contributed by atoms with van der Waals surface area (Å²) in [5.41, 5.74) is 0.955. The largest absolute Gasteiger partial charge is 0.487 e. The van der Waals surface area contributed by atoms with Gasteiger partial charge in [0.25, 0.3) is 0 Å². The number of aliphatic hydroxyl groups is 1. The molecule has 0 heterocycles. The molecule has 0 aliphatic rings. The first kappa shape index (κ1) is 20.2. The summed E-state index contributed by atoms with van der Waals surface area (Å²) in [6, 6.07) is 13.1. The molecule has 0 amide bonds. The SMILES string of the molecule is Cc1ccc(S(=O)(=O)Oc2ccccc2OCC(O)CNC(C)C)cc1. The maximum absolute atomic E-state index is 12.4. The van der Waals surface area contributed by atoms with Gasteiger partial charge in [0.1, 0.15) is 17.6 Å². The van der Waals surface area contributed by atoms with Crippen LogP contribution in [0.15, 0.2) is 53.4 Å². The standard InChI is InChI=1S/C19H25NO5S/c1-14(2)20-12-16(21)13-24-18-6-4-5-7-19(18)25-26(22,23)17-10-8-15(3)9-11-17/h4-11,14,16,20-21H,12-13H2,1-3H3. The molecule has 2 aromatic rings. The third-order valence-corrected chi connectivity index (χ3v) is 4.80. The molecule has 0 fully saturated rings. The highest BCUT2D eigenvalue weighted by molar-refractivity contribution is 7.87. The number of hydrogen-bond acceptors (Lipinski definition) is 6. The van der Waals surface area contributed by atoms with Crippen LogP contribution in [0.3, 0.4) is 0 Å². The van der Waals surface area contributed by atoms with Crippen molar-refractivity contribution in [3.8, 4) is 11.5 Å². The van der Waals surface area contributed by atoms with Crippen LogP contribution in [0.25, 0.3) is 0 Å². The zero-order valence-corrected chi connectivity index (χ0v) is 16.0. The van der Waals surface area contributed by atoms with E-state index in [0.29, 0.717) is 6.54 Å². The predicted octanol–water partition coefficient (Wildman–Crippen LogP) is 2.50. The van der Waals surface area contributed by atoms with Crippen LogP contribution in [0.1, 0.15) is 19.4 Å². The minimum Gasteiger partial charge on any atom is -0.487 e. The summed E-state index contributed by atoms with van der Waals surface area (Å²) in [6.45, 7) is 6.23. The fourth-order valence-electron chi connectivity index (χ4n) is 2.13. The number of ether oxygens (including phenoxy) is 1. The number of rotatable bonds is 9. The van der Waals surface area contributed by atoms with Gasteiger partial charge < -0.3 is 19.3 Å². The van der Waals surface area contributed by atoms with Gasteiger partial charge in [0.15, 0.2) is 11.5 Å². The van der Waals surface area contributed by atoms with E-state index in [9.17, 15) is 13.5 Å². The molecule has 0 aliphatic heterocycles. The normalized spacial score (nSPS) is 12.8. The molecule has 2 N–H and O–H groups in total. The third kappa shape index (κ3) is 6.01. The monoisotopic (exact) mass is 379 g/mol. The molecular formula is C19H25NO5S. The number of aliphatic hydroxyl groups excluding tert-OH is 1. The lowest BCUT2D eigenvalue weighted by Gasteiger charge is -2.16. The van der Waals surface area contributed by atoms with Gasteiger partial charge in [-0.3, -0.25) is 0 Å². The summed E-state index contributed by atoms with van der Waals surface area (Å²) in [5, 5.41) is 13.0.